The number of nitrogens with one attached hydrogen (secondary N) is 2. The van der Waals surface area contributed by atoms with Crippen LogP contribution in [0.2, 0.25) is 0 Å². The molecule has 2 aromatic carbocycles. The minimum atomic E-state index is -3.81. The zero-order valence-electron chi connectivity index (χ0n) is 25.2. The second kappa shape index (κ2) is 13.1. The lowest BCUT2D eigenvalue weighted by Gasteiger charge is -2.33. The van der Waals surface area contributed by atoms with E-state index in [0.29, 0.717) is 34.1 Å². The fourth-order valence-corrected chi connectivity index (χ4v) is 6.09. The maximum atomic E-state index is 13.5. The number of aromatic nitrogens is 1. The maximum Gasteiger partial charge on any atom is 0.323 e. The SMILES string of the molecule is Cc1ccc(S(=O)(=O)N(C)C[C@@H]2Oc3ccc(NC(=O)Nc4c(C)noc4C)cc3CC(=O)N([C@H](C)CO)C[C@@H]2C)cc1. The molecule has 0 aliphatic carbocycles. The predicted molar refractivity (Wildman–Crippen MR) is 162 cm³/mol. The van der Waals surface area contributed by atoms with Crippen molar-refractivity contribution in [1.29, 1.82) is 0 Å². The van der Waals surface area contributed by atoms with Crippen molar-refractivity contribution in [1.82, 2.24) is 14.4 Å². The molecule has 0 saturated heterocycles. The van der Waals surface area contributed by atoms with Crippen molar-refractivity contribution in [3.63, 3.8) is 0 Å². The lowest BCUT2D eigenvalue weighted by Crippen LogP contribution is -2.48. The predicted octanol–water partition coefficient (Wildman–Crippen LogP) is 3.71. The third kappa shape index (κ3) is 7.35. The van der Waals surface area contributed by atoms with Crippen LogP contribution in [0.25, 0.3) is 0 Å². The van der Waals surface area contributed by atoms with Crippen molar-refractivity contribution in [2.45, 2.75) is 58.1 Å². The number of urea groups is 1. The molecule has 1 aliphatic heterocycles. The fraction of sp³-hybridized carbons (Fsp3) is 0.433. The van der Waals surface area contributed by atoms with Crippen molar-refractivity contribution >= 4 is 33.3 Å². The van der Waals surface area contributed by atoms with E-state index >= 15 is 0 Å². The molecular weight excluding hydrogens is 574 g/mol. The van der Waals surface area contributed by atoms with E-state index in [9.17, 15) is 23.1 Å². The molecule has 12 nitrogen and oxygen atoms in total. The number of aliphatic hydroxyl groups is 1. The summed E-state index contributed by atoms with van der Waals surface area (Å²) in [5.74, 6) is 0.352. The zero-order chi connectivity index (χ0) is 31.5. The van der Waals surface area contributed by atoms with Gasteiger partial charge in [-0.25, -0.2) is 13.2 Å². The van der Waals surface area contributed by atoms with E-state index in [1.807, 2.05) is 13.8 Å². The summed E-state index contributed by atoms with van der Waals surface area (Å²) >= 11 is 0. The number of nitrogens with zero attached hydrogens (tertiary/aromatic N) is 3. The Morgan fingerprint density at radius 1 is 1.16 bits per heavy atom. The zero-order valence-corrected chi connectivity index (χ0v) is 26.1. The summed E-state index contributed by atoms with van der Waals surface area (Å²) in [7, 11) is -2.31. The summed E-state index contributed by atoms with van der Waals surface area (Å²) in [6.45, 7) is 8.97. The summed E-state index contributed by atoms with van der Waals surface area (Å²) in [4.78, 5) is 28.0. The molecule has 3 atom stereocenters. The minimum absolute atomic E-state index is 0.0200. The number of aryl methyl sites for hydroxylation is 3. The monoisotopic (exact) mass is 613 g/mol. The number of rotatable bonds is 8. The largest absolute Gasteiger partial charge is 0.488 e. The third-order valence-corrected chi connectivity index (χ3v) is 9.45. The minimum Gasteiger partial charge on any atom is -0.488 e. The topological polar surface area (TPSA) is 154 Å². The number of hydrogen-bond acceptors (Lipinski definition) is 8. The van der Waals surface area contributed by atoms with Gasteiger partial charge < -0.3 is 29.9 Å². The van der Waals surface area contributed by atoms with E-state index in [0.717, 1.165) is 5.56 Å². The first kappa shape index (κ1) is 32.0. The molecule has 3 amide bonds. The Morgan fingerprint density at radius 3 is 2.49 bits per heavy atom. The first-order chi connectivity index (χ1) is 20.3. The van der Waals surface area contributed by atoms with Gasteiger partial charge in [0, 0.05) is 30.8 Å². The van der Waals surface area contributed by atoms with Gasteiger partial charge in [-0.05, 0) is 58.0 Å². The van der Waals surface area contributed by atoms with E-state index in [1.54, 1.807) is 68.1 Å². The van der Waals surface area contributed by atoms with Gasteiger partial charge in [0.05, 0.1) is 30.5 Å². The molecule has 3 N–H and O–H groups in total. The maximum absolute atomic E-state index is 13.5. The van der Waals surface area contributed by atoms with Gasteiger partial charge in [0.1, 0.15) is 23.2 Å². The Kier molecular flexibility index (Phi) is 9.78. The van der Waals surface area contributed by atoms with Crippen molar-refractivity contribution in [3.05, 3.63) is 65.0 Å². The number of sulfonamides is 1. The van der Waals surface area contributed by atoms with E-state index in [-0.39, 0.29) is 42.8 Å². The lowest BCUT2D eigenvalue weighted by atomic mass is 10.0. The van der Waals surface area contributed by atoms with Crippen LogP contribution in [0.4, 0.5) is 16.2 Å². The number of ether oxygens (including phenoxy) is 1. The van der Waals surface area contributed by atoms with Crippen molar-refractivity contribution in [2.24, 2.45) is 5.92 Å². The van der Waals surface area contributed by atoms with Gasteiger partial charge in [-0.15, -0.1) is 0 Å². The highest BCUT2D eigenvalue weighted by molar-refractivity contribution is 7.89. The third-order valence-electron chi connectivity index (χ3n) is 7.61. The molecular formula is C30H39N5O7S. The molecule has 3 aromatic rings. The number of likely N-dealkylation sites (N-methyl/N-ethyl adjacent to an activating group) is 1. The number of anilines is 2. The highest BCUT2D eigenvalue weighted by Crippen LogP contribution is 2.30. The van der Waals surface area contributed by atoms with Gasteiger partial charge in [0.15, 0.2) is 5.76 Å². The van der Waals surface area contributed by atoms with E-state index in [4.69, 9.17) is 9.26 Å². The van der Waals surface area contributed by atoms with E-state index in [2.05, 4.69) is 15.8 Å². The van der Waals surface area contributed by atoms with Crippen LogP contribution in [0.3, 0.4) is 0 Å². The van der Waals surface area contributed by atoms with Gasteiger partial charge in [-0.3, -0.25) is 4.79 Å². The highest BCUT2D eigenvalue weighted by Gasteiger charge is 2.33. The second-order valence-electron chi connectivity index (χ2n) is 11.1. The van der Waals surface area contributed by atoms with Crippen LogP contribution >= 0.6 is 0 Å². The highest BCUT2D eigenvalue weighted by atomic mass is 32.2. The average Bonchev–Trinajstić information content (AvgIpc) is 3.29. The van der Waals surface area contributed by atoms with Crippen LogP contribution in [-0.4, -0.2) is 78.7 Å². The molecule has 0 unspecified atom stereocenters. The average molecular weight is 614 g/mol. The summed E-state index contributed by atoms with van der Waals surface area (Å²) in [6.07, 6.45) is -0.678. The van der Waals surface area contributed by atoms with Gasteiger partial charge in [0.2, 0.25) is 15.9 Å². The van der Waals surface area contributed by atoms with Crippen LogP contribution in [0.5, 0.6) is 5.75 Å². The molecule has 0 spiro atoms. The number of hydrogen-bond donors (Lipinski definition) is 3. The summed E-state index contributed by atoms with van der Waals surface area (Å²) in [6, 6.07) is 10.6. The molecule has 1 aromatic heterocycles. The molecule has 0 radical (unpaired) electrons. The standard InChI is InChI=1S/C30H39N5O7S/c1-18-7-10-25(11-8-18)43(39,40)34(6)16-27-19(2)15-35(20(3)17-36)28(37)14-23-13-24(9-12-26(23)41-27)31-30(38)32-29-21(4)33-42-22(29)5/h7-13,19-20,27,36H,14-17H2,1-6H3,(H2,31,32,38)/t19-,20+,27-/m0/s1. The fourth-order valence-electron chi connectivity index (χ4n) is 4.90. The number of amides is 3. The van der Waals surface area contributed by atoms with Crippen LogP contribution in [0, 0.1) is 26.7 Å². The number of carbonyl (C=O) groups is 2. The Bertz CT molecular complexity index is 1550. The van der Waals surface area contributed by atoms with E-state index < -0.39 is 28.2 Å². The number of aliphatic hydroxyl groups excluding tert-OH is 1. The Balaban J connectivity index is 1.62. The van der Waals surface area contributed by atoms with Crippen molar-refractivity contribution in [3.8, 4) is 5.75 Å². The van der Waals surface area contributed by atoms with Gasteiger partial charge >= 0.3 is 6.03 Å². The van der Waals surface area contributed by atoms with E-state index in [1.165, 1.54) is 11.4 Å². The number of fused-ring (bicyclic) bond motifs is 1. The summed E-state index contributed by atoms with van der Waals surface area (Å²) < 4.78 is 39.6. The molecule has 1 aliphatic rings. The van der Waals surface area contributed by atoms with Gasteiger partial charge in [-0.1, -0.05) is 29.8 Å². The second-order valence-corrected chi connectivity index (χ2v) is 13.1. The van der Waals surface area contributed by atoms with Gasteiger partial charge in [-0.2, -0.15) is 4.31 Å². The Morgan fingerprint density at radius 2 is 1.86 bits per heavy atom. The molecule has 2 heterocycles. The van der Waals surface area contributed by atoms with Crippen molar-refractivity contribution < 1.29 is 32.4 Å². The molecule has 0 saturated carbocycles. The van der Waals surface area contributed by atoms with Crippen LogP contribution in [-0.2, 0) is 21.2 Å². The normalized spacial score (nSPS) is 18.2. The van der Waals surface area contributed by atoms with Crippen LogP contribution < -0.4 is 15.4 Å². The summed E-state index contributed by atoms with van der Waals surface area (Å²) in [5.41, 5.74) is 2.88. The molecule has 4 rings (SSSR count). The van der Waals surface area contributed by atoms with Gasteiger partial charge in [0.25, 0.3) is 0 Å². The number of benzene rings is 2. The lowest BCUT2D eigenvalue weighted by molar-refractivity contribution is -0.134. The molecule has 43 heavy (non-hydrogen) atoms. The van der Waals surface area contributed by atoms with Crippen LogP contribution in [0.15, 0.2) is 51.9 Å². The Labute approximate surface area is 252 Å². The first-order valence-corrected chi connectivity index (χ1v) is 15.5. The molecule has 13 heteroatoms. The smallest absolute Gasteiger partial charge is 0.323 e. The molecule has 0 fully saturated rings. The quantitative estimate of drug-likeness (QED) is 0.347. The van der Waals surface area contributed by atoms with Crippen molar-refractivity contribution in [2.75, 3.05) is 37.4 Å². The summed E-state index contributed by atoms with van der Waals surface area (Å²) in [5, 5.41) is 19.2. The first-order valence-electron chi connectivity index (χ1n) is 14.0. The van der Waals surface area contributed by atoms with Crippen LogP contribution in [0.1, 0.15) is 36.4 Å². The Hall–Kier alpha value is -3.94. The number of carbonyl (C=O) groups excluding carboxylic acids is 2. The molecule has 232 valence electrons. The molecule has 0 bridgehead atoms.